The normalized spacial score (nSPS) is 22.6. The number of rotatable bonds is 3. The fourth-order valence-electron chi connectivity index (χ4n) is 3.03. The third-order valence-electron chi connectivity index (χ3n) is 4.28. The molecule has 0 amide bonds. The zero-order valence-corrected chi connectivity index (χ0v) is 12.0. The summed E-state index contributed by atoms with van der Waals surface area (Å²) in [4.78, 5) is 2.28. The van der Waals surface area contributed by atoms with Crippen LogP contribution in [-0.2, 0) is 0 Å². The molecule has 1 aliphatic carbocycles. The van der Waals surface area contributed by atoms with Crippen molar-refractivity contribution in [2.24, 2.45) is 0 Å². The topological polar surface area (TPSA) is 41.3 Å². The Morgan fingerprint density at radius 3 is 2.60 bits per heavy atom. The molecule has 2 unspecified atom stereocenters. The molecule has 1 aromatic carbocycles. The number of hydrogen-bond acceptors (Lipinski definition) is 3. The summed E-state index contributed by atoms with van der Waals surface area (Å²) in [6, 6.07) is 10.9. The van der Waals surface area contributed by atoms with Gasteiger partial charge in [0.05, 0.1) is 11.6 Å². The van der Waals surface area contributed by atoms with Gasteiger partial charge in [-0.15, -0.1) is 5.10 Å². The Morgan fingerprint density at radius 1 is 1.20 bits per heavy atom. The molecule has 3 rings (SSSR count). The summed E-state index contributed by atoms with van der Waals surface area (Å²) in [5.74, 6) is 0.129. The average molecular weight is 271 g/mol. The molecular formula is C16H21N3O. The van der Waals surface area contributed by atoms with Crippen molar-refractivity contribution in [3.8, 4) is 17.0 Å². The van der Waals surface area contributed by atoms with Crippen molar-refractivity contribution in [1.29, 1.82) is 0 Å². The van der Waals surface area contributed by atoms with Crippen LogP contribution in [-0.4, -0.2) is 39.9 Å². The van der Waals surface area contributed by atoms with Crippen LogP contribution in [0.1, 0.15) is 25.3 Å². The lowest BCUT2D eigenvalue weighted by atomic mass is 10.1. The van der Waals surface area contributed by atoms with E-state index in [4.69, 9.17) is 0 Å². The lowest BCUT2D eigenvalue weighted by molar-refractivity contribution is 0.287. The Labute approximate surface area is 119 Å². The highest BCUT2D eigenvalue weighted by Gasteiger charge is 2.28. The predicted octanol–water partition coefficient (Wildman–Crippen LogP) is 2.91. The highest BCUT2D eigenvalue weighted by molar-refractivity contribution is 5.67. The molecule has 0 spiro atoms. The molecule has 4 nitrogen and oxygen atoms in total. The maximum absolute atomic E-state index is 10.1. The van der Waals surface area contributed by atoms with Gasteiger partial charge in [-0.05, 0) is 38.9 Å². The van der Waals surface area contributed by atoms with Gasteiger partial charge in [-0.2, -0.15) is 0 Å². The Balaban J connectivity index is 1.83. The molecule has 0 aliphatic heterocycles. The van der Waals surface area contributed by atoms with Gasteiger partial charge in [-0.25, -0.2) is 0 Å². The lowest BCUT2D eigenvalue weighted by Gasteiger charge is -2.18. The summed E-state index contributed by atoms with van der Waals surface area (Å²) in [5.41, 5.74) is 1.83. The van der Waals surface area contributed by atoms with Gasteiger partial charge >= 0.3 is 0 Å². The number of aromatic nitrogens is 2. The molecule has 1 fully saturated rings. The standard InChI is InChI=1S/C16H21N3O/c1-18(2)13-8-9-14(10-13)19-11-15(16(20)17-19)12-6-4-3-5-7-12/h3-7,11,13-14H,8-10H2,1-2H3,(H,17,20). The minimum absolute atomic E-state index is 0.129. The van der Waals surface area contributed by atoms with E-state index < -0.39 is 0 Å². The fourth-order valence-corrected chi connectivity index (χ4v) is 3.03. The molecule has 4 heteroatoms. The van der Waals surface area contributed by atoms with E-state index in [1.54, 1.807) is 0 Å². The molecular weight excluding hydrogens is 250 g/mol. The number of aromatic hydroxyl groups is 1. The highest BCUT2D eigenvalue weighted by atomic mass is 16.3. The minimum atomic E-state index is 0.129. The van der Waals surface area contributed by atoms with Gasteiger partial charge in [0, 0.05) is 12.2 Å². The van der Waals surface area contributed by atoms with Crippen molar-refractivity contribution in [2.45, 2.75) is 31.3 Å². The Bertz CT molecular complexity index is 577. The number of benzene rings is 1. The molecule has 20 heavy (non-hydrogen) atoms. The molecule has 0 radical (unpaired) electrons. The molecule has 1 saturated carbocycles. The van der Waals surface area contributed by atoms with E-state index in [2.05, 4.69) is 24.1 Å². The van der Waals surface area contributed by atoms with Gasteiger partial charge in [0.15, 0.2) is 0 Å². The molecule has 1 N–H and O–H groups in total. The van der Waals surface area contributed by atoms with E-state index in [1.807, 2.05) is 41.2 Å². The largest absolute Gasteiger partial charge is 0.492 e. The summed E-state index contributed by atoms with van der Waals surface area (Å²) in [7, 11) is 4.26. The second-order valence-corrected chi connectivity index (χ2v) is 5.80. The number of hydrogen-bond donors (Lipinski definition) is 1. The summed E-state index contributed by atoms with van der Waals surface area (Å²) in [5, 5.41) is 14.4. The third-order valence-corrected chi connectivity index (χ3v) is 4.28. The summed E-state index contributed by atoms with van der Waals surface area (Å²) < 4.78 is 1.95. The molecule has 2 atom stereocenters. The maximum Gasteiger partial charge on any atom is 0.238 e. The van der Waals surface area contributed by atoms with E-state index in [0.717, 1.165) is 24.0 Å². The first-order valence-electron chi connectivity index (χ1n) is 7.15. The Morgan fingerprint density at radius 2 is 1.95 bits per heavy atom. The second kappa shape index (κ2) is 5.29. The molecule has 0 saturated heterocycles. The molecule has 2 aromatic rings. The smallest absolute Gasteiger partial charge is 0.238 e. The fraction of sp³-hybridized carbons (Fsp3) is 0.438. The van der Waals surface area contributed by atoms with E-state index in [-0.39, 0.29) is 5.88 Å². The van der Waals surface area contributed by atoms with Gasteiger partial charge < -0.3 is 10.0 Å². The van der Waals surface area contributed by atoms with E-state index in [9.17, 15) is 5.11 Å². The van der Waals surface area contributed by atoms with E-state index in [1.165, 1.54) is 6.42 Å². The van der Waals surface area contributed by atoms with Crippen LogP contribution in [0.2, 0.25) is 0 Å². The van der Waals surface area contributed by atoms with Crippen LogP contribution in [0.5, 0.6) is 5.88 Å². The van der Waals surface area contributed by atoms with Gasteiger partial charge in [0.1, 0.15) is 0 Å². The average Bonchev–Trinajstić information content (AvgIpc) is 3.06. The molecule has 1 aliphatic rings. The Hall–Kier alpha value is -1.81. The van der Waals surface area contributed by atoms with Crippen molar-refractivity contribution >= 4 is 0 Å². The first-order valence-corrected chi connectivity index (χ1v) is 7.15. The lowest BCUT2D eigenvalue weighted by Crippen LogP contribution is -2.25. The zero-order valence-electron chi connectivity index (χ0n) is 12.0. The van der Waals surface area contributed by atoms with Crippen LogP contribution in [0.3, 0.4) is 0 Å². The first kappa shape index (κ1) is 13.2. The summed E-state index contributed by atoms with van der Waals surface area (Å²) in [6.07, 6.45) is 5.40. The van der Waals surface area contributed by atoms with Crippen LogP contribution in [0, 0.1) is 0 Å². The van der Waals surface area contributed by atoms with Crippen molar-refractivity contribution in [3.63, 3.8) is 0 Å². The minimum Gasteiger partial charge on any atom is -0.492 e. The molecule has 1 heterocycles. The van der Waals surface area contributed by atoms with Crippen LogP contribution in [0.4, 0.5) is 0 Å². The van der Waals surface area contributed by atoms with Crippen molar-refractivity contribution in [1.82, 2.24) is 14.7 Å². The SMILES string of the molecule is CN(C)C1CCC(n2cc(-c3ccccc3)c(O)n2)C1. The van der Waals surface area contributed by atoms with Crippen LogP contribution < -0.4 is 0 Å². The van der Waals surface area contributed by atoms with Crippen molar-refractivity contribution in [2.75, 3.05) is 14.1 Å². The van der Waals surface area contributed by atoms with Gasteiger partial charge in [-0.3, -0.25) is 4.68 Å². The summed E-state index contributed by atoms with van der Waals surface area (Å²) in [6.45, 7) is 0. The van der Waals surface area contributed by atoms with Gasteiger partial charge in [0.2, 0.25) is 5.88 Å². The Kier molecular flexibility index (Phi) is 3.49. The van der Waals surface area contributed by atoms with Crippen molar-refractivity contribution < 1.29 is 5.11 Å². The van der Waals surface area contributed by atoms with Crippen LogP contribution >= 0.6 is 0 Å². The number of nitrogens with zero attached hydrogens (tertiary/aromatic N) is 3. The second-order valence-electron chi connectivity index (χ2n) is 5.80. The quantitative estimate of drug-likeness (QED) is 0.933. The predicted molar refractivity (Wildman–Crippen MR) is 79.7 cm³/mol. The van der Waals surface area contributed by atoms with Crippen LogP contribution in [0.25, 0.3) is 11.1 Å². The van der Waals surface area contributed by atoms with Gasteiger partial charge in [0.25, 0.3) is 0 Å². The monoisotopic (exact) mass is 271 g/mol. The maximum atomic E-state index is 10.1. The van der Waals surface area contributed by atoms with Crippen molar-refractivity contribution in [3.05, 3.63) is 36.5 Å². The highest BCUT2D eigenvalue weighted by Crippen LogP contribution is 2.35. The third kappa shape index (κ3) is 2.43. The molecule has 106 valence electrons. The summed E-state index contributed by atoms with van der Waals surface area (Å²) >= 11 is 0. The van der Waals surface area contributed by atoms with E-state index >= 15 is 0 Å². The molecule has 1 aromatic heterocycles. The first-order chi connectivity index (χ1) is 9.65. The van der Waals surface area contributed by atoms with Gasteiger partial charge in [-0.1, -0.05) is 30.3 Å². The van der Waals surface area contributed by atoms with E-state index in [0.29, 0.717) is 12.1 Å². The molecule has 0 bridgehead atoms. The zero-order chi connectivity index (χ0) is 14.1. The van der Waals surface area contributed by atoms with Crippen LogP contribution in [0.15, 0.2) is 36.5 Å².